The molecule has 2 atom stereocenters. The fraction of sp³-hybridized carbons (Fsp3) is 0.500. The van der Waals surface area contributed by atoms with Gasteiger partial charge in [-0.1, -0.05) is 6.07 Å². The number of nitrogens with one attached hydrogen (secondary N) is 1. The van der Waals surface area contributed by atoms with Gasteiger partial charge < -0.3 is 10.4 Å². The van der Waals surface area contributed by atoms with Gasteiger partial charge in [-0.3, -0.25) is 4.79 Å². The van der Waals surface area contributed by atoms with Gasteiger partial charge in [0.2, 0.25) is 0 Å². The molecule has 1 saturated heterocycles. The minimum absolute atomic E-state index is 0.318. The van der Waals surface area contributed by atoms with Gasteiger partial charge in [0.25, 0.3) is 0 Å². The van der Waals surface area contributed by atoms with E-state index >= 15 is 0 Å². The van der Waals surface area contributed by atoms with Crippen LogP contribution in [0.4, 0.5) is 0 Å². The first-order valence-electron chi connectivity index (χ1n) is 4.76. The Balaban J connectivity index is 2.04. The Hall–Kier alpha value is -0.870. The molecular weight excluding hydrogens is 198 g/mol. The van der Waals surface area contributed by atoms with E-state index in [0.717, 1.165) is 18.0 Å². The van der Waals surface area contributed by atoms with Crippen LogP contribution in [-0.4, -0.2) is 24.2 Å². The van der Waals surface area contributed by atoms with Crippen molar-refractivity contribution in [2.45, 2.75) is 5.41 Å². The van der Waals surface area contributed by atoms with E-state index in [1.54, 1.807) is 11.3 Å². The Bertz CT molecular complexity index is 363. The maximum Gasteiger partial charge on any atom is 0.315 e. The molecule has 2 heterocycles. The highest BCUT2D eigenvalue weighted by Crippen LogP contribution is 2.62. The monoisotopic (exact) mass is 209 g/mol. The van der Waals surface area contributed by atoms with Gasteiger partial charge in [-0.25, -0.2) is 0 Å². The molecule has 2 N–H and O–H groups in total. The quantitative estimate of drug-likeness (QED) is 0.761. The second kappa shape index (κ2) is 2.58. The van der Waals surface area contributed by atoms with Gasteiger partial charge in [0, 0.05) is 4.88 Å². The van der Waals surface area contributed by atoms with Gasteiger partial charge in [-0.05, 0) is 36.4 Å². The first kappa shape index (κ1) is 8.44. The van der Waals surface area contributed by atoms with E-state index in [-0.39, 0.29) is 0 Å². The number of carbonyl (C=O) groups is 1. The molecule has 14 heavy (non-hydrogen) atoms. The zero-order chi connectivity index (χ0) is 9.76. The molecule has 3 nitrogen and oxygen atoms in total. The van der Waals surface area contributed by atoms with Crippen molar-refractivity contribution in [2.24, 2.45) is 11.8 Å². The van der Waals surface area contributed by atoms with E-state index in [1.165, 1.54) is 0 Å². The summed E-state index contributed by atoms with van der Waals surface area (Å²) in [5.41, 5.74) is -0.542. The lowest BCUT2D eigenvalue weighted by Crippen LogP contribution is -2.31. The highest BCUT2D eigenvalue weighted by molar-refractivity contribution is 7.10. The lowest BCUT2D eigenvalue weighted by molar-refractivity contribution is -0.141. The van der Waals surface area contributed by atoms with Crippen LogP contribution < -0.4 is 5.32 Å². The Morgan fingerprint density at radius 1 is 1.57 bits per heavy atom. The van der Waals surface area contributed by atoms with Crippen LogP contribution in [0.3, 0.4) is 0 Å². The van der Waals surface area contributed by atoms with E-state index in [9.17, 15) is 9.90 Å². The maximum atomic E-state index is 11.4. The summed E-state index contributed by atoms with van der Waals surface area (Å²) in [6, 6.07) is 3.89. The van der Waals surface area contributed by atoms with E-state index in [1.807, 2.05) is 17.5 Å². The summed E-state index contributed by atoms with van der Waals surface area (Å²) in [6.07, 6.45) is 0. The predicted octanol–water partition coefficient (Wildman–Crippen LogP) is 0.920. The number of thiophene rings is 1. The number of hydrogen-bond acceptors (Lipinski definition) is 3. The van der Waals surface area contributed by atoms with Crippen molar-refractivity contribution < 1.29 is 9.90 Å². The fourth-order valence-electron chi connectivity index (χ4n) is 2.84. The Morgan fingerprint density at radius 3 is 2.79 bits per heavy atom. The van der Waals surface area contributed by atoms with Crippen molar-refractivity contribution in [3.8, 4) is 0 Å². The first-order chi connectivity index (χ1) is 6.78. The van der Waals surface area contributed by atoms with Crippen LogP contribution >= 0.6 is 11.3 Å². The molecule has 2 unspecified atom stereocenters. The van der Waals surface area contributed by atoms with Gasteiger partial charge in [0.15, 0.2) is 0 Å². The topological polar surface area (TPSA) is 49.3 Å². The Labute approximate surface area is 85.8 Å². The van der Waals surface area contributed by atoms with Crippen LogP contribution in [-0.2, 0) is 10.2 Å². The average Bonchev–Trinajstić information content (AvgIpc) is 2.70. The van der Waals surface area contributed by atoms with Crippen molar-refractivity contribution in [1.29, 1.82) is 0 Å². The maximum absolute atomic E-state index is 11.4. The normalized spacial score (nSPS) is 39.4. The summed E-state index contributed by atoms with van der Waals surface area (Å²) >= 11 is 1.57. The van der Waals surface area contributed by atoms with E-state index in [2.05, 4.69) is 5.32 Å². The molecule has 3 rings (SSSR count). The third-order valence-corrected chi connectivity index (χ3v) is 4.58. The smallest absolute Gasteiger partial charge is 0.315 e. The Morgan fingerprint density at radius 2 is 2.29 bits per heavy atom. The fourth-order valence-corrected chi connectivity index (χ4v) is 3.89. The number of carboxylic acids is 1. The molecule has 2 aliphatic rings. The lowest BCUT2D eigenvalue weighted by atomic mass is 9.98. The van der Waals surface area contributed by atoms with Gasteiger partial charge in [-0.2, -0.15) is 0 Å². The van der Waals surface area contributed by atoms with Gasteiger partial charge in [0.05, 0.1) is 0 Å². The van der Waals surface area contributed by atoms with Crippen LogP contribution in [0.2, 0.25) is 0 Å². The molecule has 4 heteroatoms. The minimum Gasteiger partial charge on any atom is -0.481 e. The van der Waals surface area contributed by atoms with Crippen LogP contribution in [0.1, 0.15) is 4.88 Å². The van der Waals surface area contributed by atoms with Crippen molar-refractivity contribution in [3.63, 3.8) is 0 Å². The minimum atomic E-state index is -0.642. The summed E-state index contributed by atoms with van der Waals surface area (Å²) in [7, 11) is 0. The molecule has 1 aromatic rings. The molecule has 2 fully saturated rings. The average molecular weight is 209 g/mol. The molecule has 74 valence electrons. The number of fused-ring (bicyclic) bond motifs is 1. The second-order valence-corrected chi connectivity index (χ2v) is 4.97. The lowest BCUT2D eigenvalue weighted by Gasteiger charge is -2.14. The SMILES string of the molecule is O=C(O)C1(c2cccs2)C2CNCC21. The molecule has 1 aromatic heterocycles. The standard InChI is InChI=1S/C10H11NO2S/c12-9(13)10(8-2-1-3-14-8)6-4-11-5-7(6)10/h1-3,6-7,11H,4-5H2,(H,12,13). The summed E-state index contributed by atoms with van der Waals surface area (Å²) in [5, 5.41) is 14.6. The highest BCUT2D eigenvalue weighted by Gasteiger charge is 2.72. The third kappa shape index (κ3) is 0.786. The molecule has 0 radical (unpaired) electrons. The van der Waals surface area contributed by atoms with Gasteiger partial charge in [-0.15, -0.1) is 11.3 Å². The molecule has 1 saturated carbocycles. The number of piperidine rings is 1. The van der Waals surface area contributed by atoms with E-state index in [4.69, 9.17) is 0 Å². The molecule has 0 bridgehead atoms. The van der Waals surface area contributed by atoms with Crippen LogP contribution in [0.5, 0.6) is 0 Å². The zero-order valence-electron chi connectivity index (χ0n) is 7.56. The predicted molar refractivity (Wildman–Crippen MR) is 53.5 cm³/mol. The number of rotatable bonds is 2. The highest BCUT2D eigenvalue weighted by atomic mass is 32.1. The second-order valence-electron chi connectivity index (χ2n) is 4.02. The molecule has 0 aromatic carbocycles. The number of aliphatic carboxylic acids is 1. The molecular formula is C10H11NO2S. The summed E-state index contributed by atoms with van der Waals surface area (Å²) in [5.74, 6) is -0.00579. The van der Waals surface area contributed by atoms with Crippen molar-refractivity contribution in [2.75, 3.05) is 13.1 Å². The van der Waals surface area contributed by atoms with Gasteiger partial charge >= 0.3 is 5.97 Å². The van der Waals surface area contributed by atoms with Crippen LogP contribution in [0.15, 0.2) is 17.5 Å². The molecule has 0 spiro atoms. The van der Waals surface area contributed by atoms with Crippen molar-refractivity contribution in [1.82, 2.24) is 5.32 Å². The third-order valence-electron chi connectivity index (χ3n) is 3.56. The van der Waals surface area contributed by atoms with Crippen LogP contribution in [0, 0.1) is 11.8 Å². The molecule has 1 aliphatic heterocycles. The van der Waals surface area contributed by atoms with Gasteiger partial charge in [0.1, 0.15) is 5.41 Å². The van der Waals surface area contributed by atoms with E-state index < -0.39 is 11.4 Å². The summed E-state index contributed by atoms with van der Waals surface area (Å²) in [6.45, 7) is 1.71. The van der Waals surface area contributed by atoms with Crippen molar-refractivity contribution >= 4 is 17.3 Å². The number of carboxylic acid groups (broad SMARTS) is 1. The van der Waals surface area contributed by atoms with Crippen LogP contribution in [0.25, 0.3) is 0 Å². The summed E-state index contributed by atoms with van der Waals surface area (Å²) < 4.78 is 0. The first-order valence-corrected chi connectivity index (χ1v) is 5.64. The van der Waals surface area contributed by atoms with Crippen molar-refractivity contribution in [3.05, 3.63) is 22.4 Å². The van der Waals surface area contributed by atoms with E-state index in [0.29, 0.717) is 11.8 Å². The number of hydrogen-bond donors (Lipinski definition) is 2. The largest absolute Gasteiger partial charge is 0.481 e. The molecule has 1 aliphatic carbocycles. The zero-order valence-corrected chi connectivity index (χ0v) is 8.38. The summed E-state index contributed by atoms with van der Waals surface area (Å²) in [4.78, 5) is 12.4. The Kier molecular flexibility index (Phi) is 1.56. The molecule has 0 amide bonds.